The zero-order chi connectivity index (χ0) is 22.8. The van der Waals surface area contributed by atoms with E-state index in [-0.39, 0.29) is 5.91 Å². The van der Waals surface area contributed by atoms with Crippen LogP contribution in [0.15, 0.2) is 49.1 Å². The van der Waals surface area contributed by atoms with Crippen molar-refractivity contribution in [3.8, 4) is 17.0 Å². The van der Waals surface area contributed by atoms with Crippen LogP contribution in [0.4, 0.5) is 5.69 Å². The Morgan fingerprint density at radius 1 is 1.18 bits per heavy atom. The van der Waals surface area contributed by atoms with Crippen LogP contribution >= 0.6 is 11.6 Å². The van der Waals surface area contributed by atoms with Crippen molar-refractivity contribution in [2.45, 2.75) is 19.4 Å². The van der Waals surface area contributed by atoms with Crippen molar-refractivity contribution in [3.05, 3.63) is 59.6 Å². The molecule has 1 amide bonds. The van der Waals surface area contributed by atoms with Gasteiger partial charge >= 0.3 is 0 Å². The number of fused-ring (bicyclic) bond motifs is 1. The van der Waals surface area contributed by atoms with Crippen molar-refractivity contribution in [3.63, 3.8) is 0 Å². The molecule has 1 aromatic carbocycles. The Labute approximate surface area is 195 Å². The Balaban J connectivity index is 1.51. The molecule has 33 heavy (non-hydrogen) atoms. The molecule has 0 unspecified atom stereocenters. The minimum Gasteiger partial charge on any atom is -0.496 e. The van der Waals surface area contributed by atoms with Crippen molar-refractivity contribution < 1.29 is 9.53 Å². The summed E-state index contributed by atoms with van der Waals surface area (Å²) in [5.74, 6) is 0.334. The molecule has 1 N–H and O–H groups in total. The lowest BCUT2D eigenvalue weighted by atomic mass is 10.1. The quantitative estimate of drug-likeness (QED) is 0.448. The summed E-state index contributed by atoms with van der Waals surface area (Å²) in [4.78, 5) is 19.9. The lowest BCUT2D eigenvalue weighted by Gasteiger charge is -2.17. The summed E-state index contributed by atoms with van der Waals surface area (Å²) in [6.07, 6.45) is 9.00. The van der Waals surface area contributed by atoms with Crippen LogP contribution in [-0.4, -0.2) is 61.9 Å². The van der Waals surface area contributed by atoms with Crippen LogP contribution in [0.3, 0.4) is 0 Å². The Hall–Kier alpha value is -3.43. The summed E-state index contributed by atoms with van der Waals surface area (Å²) in [5, 5.41) is 12.4. The van der Waals surface area contributed by atoms with Gasteiger partial charge in [0.25, 0.3) is 5.91 Å². The number of hydrogen-bond donors (Lipinski definition) is 1. The van der Waals surface area contributed by atoms with E-state index in [9.17, 15) is 4.79 Å². The second-order valence-corrected chi connectivity index (χ2v) is 8.36. The highest BCUT2D eigenvalue weighted by Crippen LogP contribution is 2.37. The Kier molecular flexibility index (Phi) is 5.97. The summed E-state index contributed by atoms with van der Waals surface area (Å²) in [6.45, 7) is 3.76. The first-order valence-electron chi connectivity index (χ1n) is 10.9. The van der Waals surface area contributed by atoms with Gasteiger partial charge < -0.3 is 15.0 Å². The highest BCUT2D eigenvalue weighted by atomic mass is 35.5. The van der Waals surface area contributed by atoms with Gasteiger partial charge in [0.05, 0.1) is 37.4 Å². The molecule has 5 rings (SSSR count). The van der Waals surface area contributed by atoms with Crippen molar-refractivity contribution in [2.24, 2.45) is 0 Å². The van der Waals surface area contributed by atoms with Gasteiger partial charge in [-0.1, -0.05) is 11.6 Å². The molecule has 0 spiro atoms. The van der Waals surface area contributed by atoms with E-state index < -0.39 is 0 Å². The van der Waals surface area contributed by atoms with Crippen LogP contribution in [0, 0.1) is 0 Å². The average Bonchev–Trinajstić information content (AvgIpc) is 3.57. The maximum absolute atomic E-state index is 13.2. The second-order valence-electron chi connectivity index (χ2n) is 7.92. The van der Waals surface area contributed by atoms with Gasteiger partial charge in [-0.25, -0.2) is 9.50 Å². The largest absolute Gasteiger partial charge is 0.496 e. The van der Waals surface area contributed by atoms with Crippen molar-refractivity contribution in [2.75, 3.05) is 32.1 Å². The maximum atomic E-state index is 13.2. The third kappa shape index (κ3) is 4.29. The number of aromatic nitrogens is 5. The van der Waals surface area contributed by atoms with Crippen molar-refractivity contribution >= 4 is 28.8 Å². The van der Waals surface area contributed by atoms with Gasteiger partial charge in [-0.3, -0.25) is 9.48 Å². The molecule has 1 aliphatic rings. The zero-order valence-electron chi connectivity index (χ0n) is 18.2. The number of carbonyl (C=O) groups excluding carboxylic acids is 1. The first-order valence-corrected chi connectivity index (χ1v) is 11.2. The molecule has 0 radical (unpaired) electrons. The number of anilines is 1. The third-order valence-electron chi connectivity index (χ3n) is 5.85. The van der Waals surface area contributed by atoms with Crippen LogP contribution in [0.5, 0.6) is 5.75 Å². The number of halogens is 1. The van der Waals surface area contributed by atoms with Gasteiger partial charge in [0.15, 0.2) is 5.65 Å². The van der Waals surface area contributed by atoms with Crippen LogP contribution in [-0.2, 0) is 6.54 Å². The van der Waals surface area contributed by atoms with Gasteiger partial charge in [-0.15, -0.1) is 0 Å². The molecule has 4 heterocycles. The SMILES string of the molecule is COc1ccc(Cl)cc1-c1c(NC(=O)c2cnn3cccnc23)cnn1CCN1CCCC1. The Morgan fingerprint density at radius 3 is 2.85 bits per heavy atom. The van der Waals surface area contributed by atoms with Gasteiger partial charge in [0, 0.05) is 29.5 Å². The monoisotopic (exact) mass is 465 g/mol. The normalized spacial score (nSPS) is 14.1. The summed E-state index contributed by atoms with van der Waals surface area (Å²) < 4.78 is 9.06. The highest BCUT2D eigenvalue weighted by Gasteiger charge is 2.22. The maximum Gasteiger partial charge on any atom is 0.261 e. The van der Waals surface area contributed by atoms with E-state index in [2.05, 4.69) is 25.4 Å². The highest BCUT2D eigenvalue weighted by molar-refractivity contribution is 6.31. The van der Waals surface area contributed by atoms with E-state index >= 15 is 0 Å². The number of methoxy groups -OCH3 is 1. The number of nitrogens with zero attached hydrogens (tertiary/aromatic N) is 6. The van der Waals surface area contributed by atoms with Gasteiger partial charge in [-0.2, -0.15) is 10.2 Å². The van der Waals surface area contributed by atoms with Crippen LogP contribution in [0.25, 0.3) is 16.9 Å². The molecule has 1 fully saturated rings. The molecule has 9 nitrogen and oxygen atoms in total. The standard InChI is InChI=1S/C23H24ClN7O2/c1-33-20-6-5-16(24)13-17(20)21-19(15-27-30(21)12-11-29-8-2-3-9-29)28-23(32)18-14-26-31-10-4-7-25-22(18)31/h4-7,10,13-15H,2-3,8-9,11-12H2,1H3,(H,28,32). The lowest BCUT2D eigenvalue weighted by Crippen LogP contribution is -2.24. The molecule has 170 valence electrons. The molecule has 0 bridgehead atoms. The minimum absolute atomic E-state index is 0.315. The average molecular weight is 466 g/mol. The van der Waals surface area contributed by atoms with E-state index in [0.717, 1.165) is 30.9 Å². The van der Waals surface area contributed by atoms with E-state index in [1.807, 2.05) is 16.8 Å². The predicted octanol–water partition coefficient (Wildman–Crippen LogP) is 3.60. The van der Waals surface area contributed by atoms with Gasteiger partial charge in [0.1, 0.15) is 11.3 Å². The second kappa shape index (κ2) is 9.21. The fourth-order valence-electron chi connectivity index (χ4n) is 4.22. The molecular formula is C23H24ClN7O2. The molecule has 0 atom stereocenters. The van der Waals surface area contributed by atoms with E-state index in [1.54, 1.807) is 42.3 Å². The van der Waals surface area contributed by atoms with Gasteiger partial charge in [0.2, 0.25) is 0 Å². The van der Waals surface area contributed by atoms with Crippen LogP contribution < -0.4 is 10.1 Å². The molecule has 1 aliphatic heterocycles. The number of hydrogen-bond acceptors (Lipinski definition) is 6. The fourth-order valence-corrected chi connectivity index (χ4v) is 4.39. The number of rotatable bonds is 7. The zero-order valence-corrected chi connectivity index (χ0v) is 19.0. The first kappa shape index (κ1) is 21.4. The van der Waals surface area contributed by atoms with Crippen LogP contribution in [0.1, 0.15) is 23.2 Å². The number of likely N-dealkylation sites (tertiary alicyclic amines) is 1. The summed E-state index contributed by atoms with van der Waals surface area (Å²) >= 11 is 6.33. The molecule has 1 saturated heterocycles. The van der Waals surface area contributed by atoms with E-state index in [1.165, 1.54) is 19.0 Å². The number of carbonyl (C=O) groups is 1. The Morgan fingerprint density at radius 2 is 2.03 bits per heavy atom. The number of nitrogens with one attached hydrogen (secondary N) is 1. The lowest BCUT2D eigenvalue weighted by molar-refractivity contribution is 0.102. The van der Waals surface area contributed by atoms with E-state index in [4.69, 9.17) is 16.3 Å². The number of benzene rings is 1. The van der Waals surface area contributed by atoms with Crippen molar-refractivity contribution in [1.82, 2.24) is 29.3 Å². The summed E-state index contributed by atoms with van der Waals surface area (Å²) in [6, 6.07) is 7.18. The molecule has 0 saturated carbocycles. The third-order valence-corrected chi connectivity index (χ3v) is 6.09. The number of ether oxygens (including phenoxy) is 1. The smallest absolute Gasteiger partial charge is 0.261 e. The fraction of sp³-hybridized carbons (Fsp3) is 0.304. The van der Waals surface area contributed by atoms with Gasteiger partial charge in [-0.05, 0) is 50.2 Å². The molecular weight excluding hydrogens is 442 g/mol. The topological polar surface area (TPSA) is 89.6 Å². The van der Waals surface area contributed by atoms with Crippen LogP contribution in [0.2, 0.25) is 5.02 Å². The first-order chi connectivity index (χ1) is 16.1. The molecule has 4 aromatic rings. The summed E-state index contributed by atoms with van der Waals surface area (Å²) in [7, 11) is 1.61. The summed E-state index contributed by atoms with van der Waals surface area (Å²) in [5.41, 5.74) is 2.93. The minimum atomic E-state index is -0.315. The van der Waals surface area contributed by atoms with Crippen molar-refractivity contribution in [1.29, 1.82) is 0 Å². The van der Waals surface area contributed by atoms with E-state index in [0.29, 0.717) is 34.2 Å². The molecule has 10 heteroatoms. The molecule has 3 aromatic heterocycles. The number of amides is 1. The predicted molar refractivity (Wildman–Crippen MR) is 126 cm³/mol. The Bertz CT molecular complexity index is 1290. The molecule has 0 aliphatic carbocycles.